The number of rotatable bonds is 5. The first-order valence-corrected chi connectivity index (χ1v) is 8.07. The number of carbonyl (C=O) groups is 1. The van der Waals surface area contributed by atoms with Crippen molar-refractivity contribution < 1.29 is 9.53 Å². The number of halogens is 1. The Morgan fingerprint density at radius 3 is 2.60 bits per heavy atom. The monoisotopic (exact) mass is 340 g/mol. The molecule has 1 aromatic rings. The summed E-state index contributed by atoms with van der Waals surface area (Å²) in [5.74, 6) is -0.00752. The lowest BCUT2D eigenvalue weighted by Crippen LogP contribution is -2.46. The van der Waals surface area contributed by atoms with Gasteiger partial charge in [0.05, 0.1) is 13.2 Å². The molecule has 20 heavy (non-hydrogen) atoms. The van der Waals surface area contributed by atoms with Crippen LogP contribution in [0, 0.1) is 0 Å². The Bertz CT molecular complexity index is 430. The lowest BCUT2D eigenvalue weighted by atomic mass is 10.1. The third-order valence-electron chi connectivity index (χ3n) is 3.38. The van der Waals surface area contributed by atoms with Gasteiger partial charge in [-0.2, -0.15) is 0 Å². The van der Waals surface area contributed by atoms with Crippen molar-refractivity contribution in [3.05, 3.63) is 35.4 Å². The molecular weight excluding hydrogens is 320 g/mol. The van der Waals surface area contributed by atoms with Crippen LogP contribution in [0.2, 0.25) is 0 Å². The number of benzene rings is 1. The number of nitrogens with one attached hydrogen (secondary N) is 1. The molecule has 0 bridgehead atoms. The molecule has 1 heterocycles. The third kappa shape index (κ3) is 4.58. The van der Waals surface area contributed by atoms with E-state index in [2.05, 4.69) is 26.1 Å². The minimum Gasteiger partial charge on any atom is -0.379 e. The molecule has 110 valence electrons. The predicted molar refractivity (Wildman–Crippen MR) is 83.3 cm³/mol. The number of carbonyl (C=O) groups excluding carboxylic acids is 1. The summed E-state index contributed by atoms with van der Waals surface area (Å²) in [4.78, 5) is 14.5. The van der Waals surface area contributed by atoms with E-state index in [1.807, 2.05) is 31.2 Å². The van der Waals surface area contributed by atoms with Crippen LogP contribution >= 0.6 is 15.9 Å². The Labute approximate surface area is 128 Å². The lowest BCUT2D eigenvalue weighted by Gasteiger charge is -2.29. The maximum Gasteiger partial charge on any atom is 0.251 e. The average Bonchev–Trinajstić information content (AvgIpc) is 2.48. The van der Waals surface area contributed by atoms with Crippen molar-refractivity contribution >= 4 is 21.8 Å². The molecule has 0 saturated carbocycles. The quantitative estimate of drug-likeness (QED) is 0.834. The highest BCUT2D eigenvalue weighted by Crippen LogP contribution is 2.08. The van der Waals surface area contributed by atoms with E-state index in [1.165, 1.54) is 5.56 Å². The summed E-state index contributed by atoms with van der Waals surface area (Å²) < 4.78 is 5.32. The Morgan fingerprint density at radius 1 is 1.35 bits per heavy atom. The first-order chi connectivity index (χ1) is 9.69. The number of ether oxygens (including phenoxy) is 1. The maximum atomic E-state index is 12.1. The second-order valence-electron chi connectivity index (χ2n) is 5.12. The van der Waals surface area contributed by atoms with Gasteiger partial charge < -0.3 is 10.1 Å². The van der Waals surface area contributed by atoms with Gasteiger partial charge in [0.1, 0.15) is 0 Å². The van der Waals surface area contributed by atoms with Crippen molar-refractivity contribution in [2.75, 3.05) is 32.8 Å². The molecule has 0 aromatic heterocycles. The van der Waals surface area contributed by atoms with Crippen LogP contribution in [0.5, 0.6) is 0 Å². The van der Waals surface area contributed by atoms with Gasteiger partial charge in [-0.1, -0.05) is 28.1 Å². The zero-order valence-corrected chi connectivity index (χ0v) is 13.4. The summed E-state index contributed by atoms with van der Waals surface area (Å²) in [6.07, 6.45) is 0. The van der Waals surface area contributed by atoms with Crippen molar-refractivity contribution in [1.82, 2.24) is 10.2 Å². The van der Waals surface area contributed by atoms with Crippen LogP contribution in [0.1, 0.15) is 22.8 Å². The van der Waals surface area contributed by atoms with Crippen LogP contribution in [-0.2, 0) is 10.1 Å². The van der Waals surface area contributed by atoms with Gasteiger partial charge in [0.2, 0.25) is 0 Å². The van der Waals surface area contributed by atoms with Gasteiger partial charge in [-0.15, -0.1) is 0 Å². The summed E-state index contributed by atoms with van der Waals surface area (Å²) in [6.45, 7) is 6.37. The van der Waals surface area contributed by atoms with E-state index in [0.29, 0.717) is 5.56 Å². The largest absolute Gasteiger partial charge is 0.379 e. The van der Waals surface area contributed by atoms with Crippen molar-refractivity contribution in [2.45, 2.75) is 18.3 Å². The second-order valence-corrected chi connectivity index (χ2v) is 5.68. The highest BCUT2D eigenvalue weighted by molar-refractivity contribution is 9.08. The van der Waals surface area contributed by atoms with E-state index in [1.54, 1.807) is 0 Å². The molecule has 1 atom stereocenters. The van der Waals surface area contributed by atoms with E-state index >= 15 is 0 Å². The van der Waals surface area contributed by atoms with E-state index in [-0.39, 0.29) is 11.9 Å². The van der Waals surface area contributed by atoms with Crippen LogP contribution in [0.15, 0.2) is 24.3 Å². The van der Waals surface area contributed by atoms with E-state index < -0.39 is 0 Å². The van der Waals surface area contributed by atoms with E-state index in [0.717, 1.165) is 38.2 Å². The summed E-state index contributed by atoms with van der Waals surface area (Å²) in [5.41, 5.74) is 1.88. The molecule has 4 nitrogen and oxygen atoms in total. The van der Waals surface area contributed by atoms with Gasteiger partial charge in [-0.25, -0.2) is 0 Å². The standard InChI is InChI=1S/C15H21BrN2O2/c1-12(11-18-6-8-20-9-7-18)17-15(19)14-4-2-13(10-16)3-5-14/h2-5,12H,6-11H2,1H3,(H,17,19). The molecule has 5 heteroatoms. The Hall–Kier alpha value is -0.910. The lowest BCUT2D eigenvalue weighted by molar-refractivity contribution is 0.0342. The molecule has 1 unspecified atom stereocenters. The number of alkyl halides is 1. The van der Waals surface area contributed by atoms with Crippen LogP contribution in [0.4, 0.5) is 0 Å². The fourth-order valence-electron chi connectivity index (χ4n) is 2.27. The van der Waals surface area contributed by atoms with Gasteiger partial charge in [0.25, 0.3) is 5.91 Å². The predicted octanol–water partition coefficient (Wildman–Crippen LogP) is 2.03. The van der Waals surface area contributed by atoms with E-state index in [9.17, 15) is 4.79 Å². The van der Waals surface area contributed by atoms with Gasteiger partial charge in [0, 0.05) is 36.6 Å². The molecule has 2 rings (SSSR count). The normalized spacial score (nSPS) is 17.7. The van der Waals surface area contributed by atoms with Crippen LogP contribution in [0.3, 0.4) is 0 Å². The molecule has 0 aliphatic carbocycles. The fraction of sp³-hybridized carbons (Fsp3) is 0.533. The summed E-state index contributed by atoms with van der Waals surface area (Å²) in [7, 11) is 0. The highest BCUT2D eigenvalue weighted by atomic mass is 79.9. The zero-order chi connectivity index (χ0) is 14.4. The molecule has 1 saturated heterocycles. The SMILES string of the molecule is CC(CN1CCOCC1)NC(=O)c1ccc(CBr)cc1. The Balaban J connectivity index is 1.82. The minimum absolute atomic E-state index is 0.00752. The van der Waals surface area contributed by atoms with Gasteiger partial charge in [0.15, 0.2) is 0 Å². The van der Waals surface area contributed by atoms with Gasteiger partial charge in [-0.3, -0.25) is 9.69 Å². The summed E-state index contributed by atoms with van der Waals surface area (Å²) in [5, 5.41) is 3.86. The summed E-state index contributed by atoms with van der Waals surface area (Å²) >= 11 is 3.40. The smallest absolute Gasteiger partial charge is 0.251 e. The number of hydrogen-bond acceptors (Lipinski definition) is 3. The Morgan fingerprint density at radius 2 is 2.00 bits per heavy atom. The minimum atomic E-state index is -0.00752. The number of amides is 1. The molecule has 0 radical (unpaired) electrons. The van der Waals surface area contributed by atoms with Crippen molar-refractivity contribution in [2.24, 2.45) is 0 Å². The zero-order valence-electron chi connectivity index (χ0n) is 11.8. The van der Waals surface area contributed by atoms with Crippen LogP contribution in [0.25, 0.3) is 0 Å². The summed E-state index contributed by atoms with van der Waals surface area (Å²) in [6, 6.07) is 7.81. The molecule has 1 aliphatic heterocycles. The van der Waals surface area contributed by atoms with E-state index in [4.69, 9.17) is 4.74 Å². The third-order valence-corrected chi connectivity index (χ3v) is 4.03. The topological polar surface area (TPSA) is 41.6 Å². The highest BCUT2D eigenvalue weighted by Gasteiger charge is 2.15. The molecule has 1 aliphatic rings. The van der Waals surface area contributed by atoms with Gasteiger partial charge >= 0.3 is 0 Å². The number of morpholine rings is 1. The molecule has 1 fully saturated rings. The fourth-order valence-corrected chi connectivity index (χ4v) is 2.64. The van der Waals surface area contributed by atoms with Gasteiger partial charge in [-0.05, 0) is 24.6 Å². The first-order valence-electron chi connectivity index (χ1n) is 6.95. The molecule has 0 spiro atoms. The number of nitrogens with zero attached hydrogens (tertiary/aromatic N) is 1. The Kier molecular flexibility index (Phi) is 6.01. The molecule has 1 N–H and O–H groups in total. The molecule has 1 amide bonds. The molecule has 1 aromatic carbocycles. The van der Waals surface area contributed by atoms with Crippen molar-refractivity contribution in [3.8, 4) is 0 Å². The van der Waals surface area contributed by atoms with Crippen molar-refractivity contribution in [3.63, 3.8) is 0 Å². The first kappa shape index (κ1) is 15.5. The van der Waals surface area contributed by atoms with Crippen LogP contribution in [-0.4, -0.2) is 49.7 Å². The molecular formula is C15H21BrN2O2. The number of hydrogen-bond donors (Lipinski definition) is 1. The second kappa shape index (κ2) is 7.76. The van der Waals surface area contributed by atoms with Crippen LogP contribution < -0.4 is 5.32 Å². The maximum absolute atomic E-state index is 12.1. The average molecular weight is 341 g/mol. The van der Waals surface area contributed by atoms with Crippen molar-refractivity contribution in [1.29, 1.82) is 0 Å².